The smallest absolute Gasteiger partial charge is 0.389 e. The fraction of sp³-hybridized carbons (Fsp3) is 0.143. The minimum atomic E-state index is -4.41. The largest absolute Gasteiger partial charge is 0.417 e. The van der Waals surface area contributed by atoms with Gasteiger partial charge in [0.1, 0.15) is 4.99 Å². The number of rotatable bonds is 1. The average Bonchev–Trinajstić information content (AvgIpc) is 2.03. The summed E-state index contributed by atoms with van der Waals surface area (Å²) < 4.78 is 36.3. The van der Waals surface area contributed by atoms with Crippen LogP contribution in [-0.4, -0.2) is 9.97 Å². The summed E-state index contributed by atoms with van der Waals surface area (Å²) in [4.78, 5) is 3.29. The van der Waals surface area contributed by atoms with Gasteiger partial charge in [-0.1, -0.05) is 12.2 Å². The first kappa shape index (κ1) is 9.91. The highest BCUT2D eigenvalue weighted by atomic mass is 32.1. The third-order valence-corrected chi connectivity index (χ3v) is 1.59. The van der Waals surface area contributed by atoms with Crippen molar-refractivity contribution in [3.05, 3.63) is 29.6 Å². The van der Waals surface area contributed by atoms with Gasteiger partial charge in [0.15, 0.2) is 0 Å². The Morgan fingerprint density at radius 3 is 2.46 bits per heavy atom. The highest BCUT2D eigenvalue weighted by molar-refractivity contribution is 7.80. The summed E-state index contributed by atoms with van der Waals surface area (Å²) in [6.45, 7) is 0. The second kappa shape index (κ2) is 3.29. The molecule has 0 atom stereocenters. The van der Waals surface area contributed by atoms with Gasteiger partial charge in [0, 0.05) is 18.0 Å². The molecule has 1 aromatic rings. The van der Waals surface area contributed by atoms with Crippen molar-refractivity contribution in [3.8, 4) is 0 Å². The molecule has 0 spiro atoms. The number of nitrogens with two attached hydrogens (primary N) is 1. The van der Waals surface area contributed by atoms with Gasteiger partial charge in [0.2, 0.25) is 0 Å². The van der Waals surface area contributed by atoms with Crippen LogP contribution < -0.4 is 5.73 Å². The SMILES string of the molecule is NC(=S)c1cncc(C(F)(F)F)c1. The molecule has 2 N–H and O–H groups in total. The number of pyridine rings is 1. The van der Waals surface area contributed by atoms with Crippen LogP contribution in [0.4, 0.5) is 13.2 Å². The lowest BCUT2D eigenvalue weighted by atomic mass is 10.2. The Morgan fingerprint density at radius 2 is 2.00 bits per heavy atom. The van der Waals surface area contributed by atoms with Crippen LogP contribution in [0.15, 0.2) is 18.5 Å². The number of hydrogen-bond acceptors (Lipinski definition) is 2. The maximum Gasteiger partial charge on any atom is 0.417 e. The van der Waals surface area contributed by atoms with E-state index in [2.05, 4.69) is 17.2 Å². The summed E-state index contributed by atoms with van der Waals surface area (Å²) in [6, 6.07) is 0.870. The third-order valence-electron chi connectivity index (χ3n) is 1.35. The molecule has 13 heavy (non-hydrogen) atoms. The second-order valence-corrected chi connectivity index (χ2v) is 2.76. The van der Waals surface area contributed by atoms with Gasteiger partial charge in [-0.05, 0) is 6.07 Å². The number of alkyl halides is 3. The Labute approximate surface area is 77.6 Å². The molecule has 1 rings (SSSR count). The van der Waals surface area contributed by atoms with Crippen LogP contribution in [0.3, 0.4) is 0 Å². The summed E-state index contributed by atoms with van der Waals surface area (Å²) in [7, 11) is 0. The fourth-order valence-electron chi connectivity index (χ4n) is 0.730. The lowest BCUT2D eigenvalue weighted by Gasteiger charge is -2.06. The zero-order valence-electron chi connectivity index (χ0n) is 6.30. The van der Waals surface area contributed by atoms with E-state index in [1.807, 2.05) is 0 Å². The summed E-state index contributed by atoms with van der Waals surface area (Å²) >= 11 is 4.51. The van der Waals surface area contributed by atoms with Crippen LogP contribution in [0.2, 0.25) is 0 Å². The molecule has 0 aliphatic carbocycles. The van der Waals surface area contributed by atoms with Gasteiger partial charge in [-0.15, -0.1) is 0 Å². The molecule has 0 saturated carbocycles. The average molecular weight is 206 g/mol. The summed E-state index contributed by atoms with van der Waals surface area (Å²) in [5.74, 6) is 0. The Bertz CT molecular complexity index is 335. The third kappa shape index (κ3) is 2.38. The normalized spacial score (nSPS) is 11.3. The van der Waals surface area contributed by atoms with Crippen molar-refractivity contribution in [1.29, 1.82) is 0 Å². The van der Waals surface area contributed by atoms with Crippen LogP contribution in [-0.2, 0) is 6.18 Å². The summed E-state index contributed by atoms with van der Waals surface area (Å²) in [6.07, 6.45) is -2.49. The zero-order valence-corrected chi connectivity index (χ0v) is 7.12. The highest BCUT2D eigenvalue weighted by Crippen LogP contribution is 2.28. The predicted octanol–water partition coefficient (Wildman–Crippen LogP) is 1.73. The van der Waals surface area contributed by atoms with E-state index in [1.165, 1.54) is 6.20 Å². The van der Waals surface area contributed by atoms with Gasteiger partial charge in [0.05, 0.1) is 5.56 Å². The summed E-state index contributed by atoms with van der Waals surface area (Å²) in [5, 5.41) is 0. The molecular weight excluding hydrogens is 201 g/mol. The Morgan fingerprint density at radius 1 is 1.38 bits per heavy atom. The second-order valence-electron chi connectivity index (χ2n) is 2.32. The van der Waals surface area contributed by atoms with Crippen LogP contribution in [0, 0.1) is 0 Å². The molecule has 70 valence electrons. The number of hydrogen-bond donors (Lipinski definition) is 1. The first-order chi connectivity index (χ1) is 5.91. The zero-order chi connectivity index (χ0) is 10.1. The molecule has 0 bridgehead atoms. The van der Waals surface area contributed by atoms with Crippen molar-refractivity contribution in [2.24, 2.45) is 5.73 Å². The standard InChI is InChI=1S/C7H5F3N2S/c8-7(9,10)5-1-4(6(11)13)2-12-3-5/h1-3H,(H2,11,13). The molecule has 0 radical (unpaired) electrons. The van der Waals surface area contributed by atoms with E-state index in [9.17, 15) is 13.2 Å². The van der Waals surface area contributed by atoms with Gasteiger partial charge in [-0.2, -0.15) is 13.2 Å². The lowest BCUT2D eigenvalue weighted by molar-refractivity contribution is -0.137. The van der Waals surface area contributed by atoms with Gasteiger partial charge < -0.3 is 5.73 Å². The van der Waals surface area contributed by atoms with Crippen LogP contribution in [0.5, 0.6) is 0 Å². The lowest BCUT2D eigenvalue weighted by Crippen LogP contribution is -2.13. The topological polar surface area (TPSA) is 38.9 Å². The highest BCUT2D eigenvalue weighted by Gasteiger charge is 2.31. The molecule has 0 aliphatic rings. The van der Waals surface area contributed by atoms with Crippen LogP contribution in [0.25, 0.3) is 0 Å². The van der Waals surface area contributed by atoms with Crippen molar-refractivity contribution in [2.45, 2.75) is 6.18 Å². The van der Waals surface area contributed by atoms with Crippen molar-refractivity contribution in [1.82, 2.24) is 4.98 Å². The quantitative estimate of drug-likeness (QED) is 0.711. The maximum atomic E-state index is 12.1. The molecule has 1 heterocycles. The van der Waals surface area contributed by atoms with Crippen LogP contribution in [0.1, 0.15) is 11.1 Å². The molecule has 0 unspecified atom stereocenters. The van der Waals surface area contributed by atoms with Gasteiger partial charge >= 0.3 is 6.18 Å². The van der Waals surface area contributed by atoms with E-state index in [0.717, 1.165) is 12.3 Å². The Hall–Kier alpha value is -1.17. The molecule has 1 aromatic heterocycles. The number of thiocarbonyl (C=S) groups is 1. The first-order valence-electron chi connectivity index (χ1n) is 3.23. The van der Waals surface area contributed by atoms with E-state index in [0.29, 0.717) is 0 Å². The number of nitrogens with zero attached hydrogens (tertiary/aromatic N) is 1. The maximum absolute atomic E-state index is 12.1. The fourth-order valence-corrected chi connectivity index (χ4v) is 0.841. The van der Waals surface area contributed by atoms with Crippen molar-refractivity contribution < 1.29 is 13.2 Å². The van der Waals surface area contributed by atoms with Gasteiger partial charge in [0.25, 0.3) is 0 Å². The van der Waals surface area contributed by atoms with E-state index >= 15 is 0 Å². The molecule has 0 fully saturated rings. The minimum Gasteiger partial charge on any atom is -0.389 e. The van der Waals surface area contributed by atoms with Crippen molar-refractivity contribution in [2.75, 3.05) is 0 Å². The molecule has 2 nitrogen and oxygen atoms in total. The Balaban J connectivity index is 3.13. The molecule has 0 aliphatic heterocycles. The molecule has 6 heteroatoms. The monoisotopic (exact) mass is 206 g/mol. The summed E-state index contributed by atoms with van der Waals surface area (Å²) in [5.41, 5.74) is 4.42. The van der Waals surface area contributed by atoms with E-state index in [4.69, 9.17) is 5.73 Å². The van der Waals surface area contributed by atoms with E-state index in [1.54, 1.807) is 0 Å². The van der Waals surface area contributed by atoms with Crippen molar-refractivity contribution in [3.63, 3.8) is 0 Å². The Kier molecular flexibility index (Phi) is 2.51. The molecule has 0 aromatic carbocycles. The van der Waals surface area contributed by atoms with E-state index < -0.39 is 11.7 Å². The number of halogens is 3. The molecule has 0 amide bonds. The van der Waals surface area contributed by atoms with E-state index in [-0.39, 0.29) is 10.6 Å². The number of aromatic nitrogens is 1. The predicted molar refractivity (Wildman–Crippen MR) is 45.1 cm³/mol. The minimum absolute atomic E-state index is 0.0985. The molecule has 0 saturated heterocycles. The molecular formula is C7H5F3N2S. The van der Waals surface area contributed by atoms with Gasteiger partial charge in [-0.3, -0.25) is 4.98 Å². The van der Waals surface area contributed by atoms with Gasteiger partial charge in [-0.25, -0.2) is 0 Å². The van der Waals surface area contributed by atoms with Crippen molar-refractivity contribution >= 4 is 17.2 Å². The first-order valence-corrected chi connectivity index (χ1v) is 3.64. The van der Waals surface area contributed by atoms with Crippen LogP contribution >= 0.6 is 12.2 Å².